The number of aliphatic hydroxyl groups is 1. The fourth-order valence-corrected chi connectivity index (χ4v) is 2.35. The van der Waals surface area contributed by atoms with Crippen molar-refractivity contribution >= 4 is 5.91 Å². The molecule has 2 N–H and O–H groups in total. The van der Waals surface area contributed by atoms with Crippen molar-refractivity contribution in [3.8, 4) is 0 Å². The minimum Gasteiger partial charge on any atom is -0.390 e. The van der Waals surface area contributed by atoms with Crippen LogP contribution in [0.15, 0.2) is 18.2 Å². The zero-order valence-electron chi connectivity index (χ0n) is 11.1. The van der Waals surface area contributed by atoms with E-state index in [4.69, 9.17) is 0 Å². The van der Waals surface area contributed by atoms with Crippen LogP contribution >= 0.6 is 0 Å². The lowest BCUT2D eigenvalue weighted by Crippen LogP contribution is -2.44. The number of hydrogen-bond acceptors (Lipinski definition) is 3. The molecule has 4 nitrogen and oxygen atoms in total. The highest BCUT2D eigenvalue weighted by Gasteiger charge is 2.31. The standard InChI is InChI=1S/C14H20N2O2/c1-9-4-5-10(2)11(6-9)14(18)16(3)12-7-15-8-13(12)17/h4-6,12-13,15,17H,7-8H2,1-3H3/t12-,13-/m0/s1. The molecule has 18 heavy (non-hydrogen) atoms. The summed E-state index contributed by atoms with van der Waals surface area (Å²) in [7, 11) is 1.75. The number of amides is 1. The maximum atomic E-state index is 12.4. The Kier molecular flexibility index (Phi) is 3.68. The lowest BCUT2D eigenvalue weighted by atomic mass is 10.0. The van der Waals surface area contributed by atoms with Crippen LogP contribution in [0.1, 0.15) is 21.5 Å². The summed E-state index contributed by atoms with van der Waals surface area (Å²) in [6.07, 6.45) is -0.482. The van der Waals surface area contributed by atoms with Crippen LogP contribution in [0.2, 0.25) is 0 Å². The van der Waals surface area contributed by atoms with E-state index in [0.29, 0.717) is 13.1 Å². The van der Waals surface area contributed by atoms with Gasteiger partial charge in [-0.25, -0.2) is 0 Å². The topological polar surface area (TPSA) is 52.6 Å². The summed E-state index contributed by atoms with van der Waals surface area (Å²) in [6, 6.07) is 5.72. The number of carbonyl (C=O) groups excluding carboxylic acids is 1. The molecule has 0 aromatic heterocycles. The van der Waals surface area contributed by atoms with E-state index < -0.39 is 6.10 Å². The van der Waals surface area contributed by atoms with Gasteiger partial charge in [0, 0.05) is 25.7 Å². The zero-order valence-corrected chi connectivity index (χ0v) is 11.1. The Morgan fingerprint density at radius 1 is 1.39 bits per heavy atom. The first-order chi connectivity index (χ1) is 8.50. The van der Waals surface area contributed by atoms with Crippen LogP contribution in [-0.4, -0.2) is 48.2 Å². The Hall–Kier alpha value is -1.39. The molecule has 1 heterocycles. The molecule has 0 bridgehead atoms. The van der Waals surface area contributed by atoms with Crippen LogP contribution in [0.5, 0.6) is 0 Å². The van der Waals surface area contributed by atoms with Crippen LogP contribution in [0, 0.1) is 13.8 Å². The van der Waals surface area contributed by atoms with Gasteiger partial charge in [-0.3, -0.25) is 4.79 Å². The van der Waals surface area contributed by atoms with Crippen molar-refractivity contribution in [3.05, 3.63) is 34.9 Å². The number of aliphatic hydroxyl groups excluding tert-OH is 1. The minimum atomic E-state index is -0.482. The Morgan fingerprint density at radius 2 is 2.11 bits per heavy atom. The second-order valence-corrected chi connectivity index (χ2v) is 5.03. The van der Waals surface area contributed by atoms with Gasteiger partial charge in [0.2, 0.25) is 0 Å². The van der Waals surface area contributed by atoms with Crippen molar-refractivity contribution in [1.29, 1.82) is 0 Å². The van der Waals surface area contributed by atoms with Crippen LogP contribution < -0.4 is 5.32 Å². The molecular formula is C14H20N2O2. The monoisotopic (exact) mass is 248 g/mol. The number of aryl methyl sites for hydroxylation is 2. The Balaban J connectivity index is 2.22. The molecule has 1 aliphatic heterocycles. The van der Waals surface area contributed by atoms with Crippen molar-refractivity contribution in [3.63, 3.8) is 0 Å². The first kappa shape index (κ1) is 13.1. The Morgan fingerprint density at radius 3 is 2.72 bits per heavy atom. The van der Waals surface area contributed by atoms with Gasteiger partial charge in [-0.2, -0.15) is 0 Å². The van der Waals surface area contributed by atoms with Crippen molar-refractivity contribution < 1.29 is 9.90 Å². The third-order valence-corrected chi connectivity index (χ3v) is 3.59. The van der Waals surface area contributed by atoms with E-state index in [-0.39, 0.29) is 11.9 Å². The van der Waals surface area contributed by atoms with E-state index >= 15 is 0 Å². The highest BCUT2D eigenvalue weighted by Crippen LogP contribution is 2.16. The molecule has 1 aromatic carbocycles. The third-order valence-electron chi connectivity index (χ3n) is 3.59. The van der Waals surface area contributed by atoms with E-state index in [2.05, 4.69) is 5.32 Å². The highest BCUT2D eigenvalue weighted by molar-refractivity contribution is 5.96. The van der Waals surface area contributed by atoms with Gasteiger partial charge >= 0.3 is 0 Å². The molecule has 1 aliphatic rings. The summed E-state index contributed by atoms with van der Waals surface area (Å²) in [5, 5.41) is 12.9. The van der Waals surface area contributed by atoms with Gasteiger partial charge in [0.25, 0.3) is 5.91 Å². The van der Waals surface area contributed by atoms with Gasteiger partial charge in [-0.15, -0.1) is 0 Å². The molecule has 0 spiro atoms. The van der Waals surface area contributed by atoms with Crippen molar-refractivity contribution in [1.82, 2.24) is 10.2 Å². The third kappa shape index (κ3) is 2.40. The predicted molar refractivity (Wildman–Crippen MR) is 70.7 cm³/mol. The van der Waals surface area contributed by atoms with Crippen LogP contribution in [0.25, 0.3) is 0 Å². The molecule has 1 saturated heterocycles. The average molecular weight is 248 g/mol. The lowest BCUT2D eigenvalue weighted by Gasteiger charge is -2.27. The smallest absolute Gasteiger partial charge is 0.254 e. The maximum absolute atomic E-state index is 12.4. The summed E-state index contributed by atoms with van der Waals surface area (Å²) in [6.45, 7) is 5.11. The maximum Gasteiger partial charge on any atom is 0.254 e. The summed E-state index contributed by atoms with van der Waals surface area (Å²) in [5.41, 5.74) is 2.76. The van der Waals surface area contributed by atoms with Gasteiger partial charge in [0.15, 0.2) is 0 Å². The zero-order chi connectivity index (χ0) is 13.3. The van der Waals surface area contributed by atoms with Crippen LogP contribution in [0.3, 0.4) is 0 Å². The number of β-amino-alcohol motifs (C(OH)–C–C–N with tert-alkyl or cyclic N) is 1. The van der Waals surface area contributed by atoms with E-state index in [1.54, 1.807) is 11.9 Å². The second-order valence-electron chi connectivity index (χ2n) is 5.03. The molecule has 98 valence electrons. The number of nitrogens with zero attached hydrogens (tertiary/aromatic N) is 1. The van der Waals surface area contributed by atoms with Gasteiger partial charge < -0.3 is 15.3 Å². The summed E-state index contributed by atoms with van der Waals surface area (Å²) < 4.78 is 0. The van der Waals surface area contributed by atoms with E-state index in [0.717, 1.165) is 16.7 Å². The largest absolute Gasteiger partial charge is 0.390 e. The number of hydrogen-bond donors (Lipinski definition) is 2. The molecule has 1 amide bonds. The number of benzene rings is 1. The lowest BCUT2D eigenvalue weighted by molar-refractivity contribution is 0.0580. The Bertz CT molecular complexity index is 459. The summed E-state index contributed by atoms with van der Waals surface area (Å²) in [4.78, 5) is 14.1. The molecule has 0 radical (unpaired) electrons. The molecule has 1 fully saturated rings. The van der Waals surface area contributed by atoms with E-state index in [1.165, 1.54) is 0 Å². The number of carbonyl (C=O) groups is 1. The fraction of sp³-hybridized carbons (Fsp3) is 0.500. The van der Waals surface area contributed by atoms with Gasteiger partial charge in [0.1, 0.15) is 0 Å². The molecule has 0 unspecified atom stereocenters. The quantitative estimate of drug-likeness (QED) is 0.810. The predicted octanol–water partition coefficient (Wildman–Crippen LogP) is 0.708. The van der Waals surface area contributed by atoms with Crippen molar-refractivity contribution in [2.75, 3.05) is 20.1 Å². The second kappa shape index (κ2) is 5.08. The van der Waals surface area contributed by atoms with Crippen LogP contribution in [0.4, 0.5) is 0 Å². The normalized spacial score (nSPS) is 23.1. The van der Waals surface area contributed by atoms with E-state index in [9.17, 15) is 9.90 Å². The number of rotatable bonds is 2. The molecule has 1 aromatic rings. The molecular weight excluding hydrogens is 228 g/mol. The first-order valence-corrected chi connectivity index (χ1v) is 6.24. The highest BCUT2D eigenvalue weighted by atomic mass is 16.3. The number of likely N-dealkylation sites (N-methyl/N-ethyl adjacent to an activating group) is 1. The minimum absolute atomic E-state index is 0.0241. The van der Waals surface area contributed by atoms with Gasteiger partial charge in [0.05, 0.1) is 12.1 Å². The SMILES string of the molecule is Cc1ccc(C)c(C(=O)N(C)[C@H]2CNC[C@@H]2O)c1. The molecule has 4 heteroatoms. The first-order valence-electron chi connectivity index (χ1n) is 6.24. The molecule has 0 aliphatic carbocycles. The number of nitrogens with one attached hydrogen (secondary N) is 1. The summed E-state index contributed by atoms with van der Waals surface area (Å²) in [5.74, 6) is -0.0241. The summed E-state index contributed by atoms with van der Waals surface area (Å²) >= 11 is 0. The van der Waals surface area contributed by atoms with E-state index in [1.807, 2.05) is 32.0 Å². The Labute approximate surface area is 108 Å². The molecule has 0 saturated carbocycles. The van der Waals surface area contributed by atoms with Gasteiger partial charge in [-0.05, 0) is 25.5 Å². The molecule has 2 atom stereocenters. The van der Waals surface area contributed by atoms with Crippen molar-refractivity contribution in [2.45, 2.75) is 26.0 Å². The fourth-order valence-electron chi connectivity index (χ4n) is 2.35. The van der Waals surface area contributed by atoms with Crippen molar-refractivity contribution in [2.24, 2.45) is 0 Å². The average Bonchev–Trinajstić information content (AvgIpc) is 2.77. The van der Waals surface area contributed by atoms with Gasteiger partial charge in [-0.1, -0.05) is 17.7 Å². The van der Waals surface area contributed by atoms with Crippen LogP contribution in [-0.2, 0) is 0 Å². The molecule has 2 rings (SSSR count).